The van der Waals surface area contributed by atoms with Crippen LogP contribution in [0.15, 0.2) is 42.5 Å². The number of aliphatic hydroxyl groups is 1. The molecule has 2 rings (SSSR count). The van der Waals surface area contributed by atoms with Gasteiger partial charge in [0.2, 0.25) is 5.91 Å². The fraction of sp³-hybridized carbons (Fsp3) is 0.483. The highest BCUT2D eigenvalue weighted by molar-refractivity contribution is 5.99. The first-order valence-corrected chi connectivity index (χ1v) is 12.6. The molecule has 0 heterocycles. The summed E-state index contributed by atoms with van der Waals surface area (Å²) in [5.74, 6) is -1.20. The van der Waals surface area contributed by atoms with Crippen molar-refractivity contribution in [2.24, 2.45) is 5.92 Å². The van der Waals surface area contributed by atoms with Crippen LogP contribution in [0.25, 0.3) is 0 Å². The second-order valence-electron chi connectivity index (χ2n) is 10.6. The fourth-order valence-corrected chi connectivity index (χ4v) is 4.20. The number of hydrogen-bond donors (Lipinski definition) is 3. The van der Waals surface area contributed by atoms with E-state index in [0.29, 0.717) is 11.3 Å². The van der Waals surface area contributed by atoms with Crippen molar-refractivity contribution in [2.45, 2.75) is 73.1 Å². The monoisotopic (exact) mass is 511 g/mol. The third-order valence-electron chi connectivity index (χ3n) is 6.01. The largest absolute Gasteiger partial charge is 0.444 e. The number of hydrogen-bond acceptors (Lipinski definition) is 5. The summed E-state index contributed by atoms with van der Waals surface area (Å²) in [5, 5.41) is 15.6. The van der Waals surface area contributed by atoms with Crippen molar-refractivity contribution in [3.63, 3.8) is 0 Å². The van der Waals surface area contributed by atoms with Crippen LogP contribution in [-0.2, 0) is 14.3 Å². The highest BCUT2D eigenvalue weighted by atomic mass is 16.6. The molecular weight excluding hydrogens is 470 g/mol. The number of aliphatic hydroxyl groups excluding tert-OH is 1. The number of amides is 3. The summed E-state index contributed by atoms with van der Waals surface area (Å²) in [6.07, 6.45) is -0.725. The predicted octanol–water partition coefficient (Wildman–Crippen LogP) is 4.66. The number of para-hydroxylation sites is 1. The molecule has 2 aromatic rings. The third kappa shape index (κ3) is 8.05. The molecule has 0 aliphatic carbocycles. The van der Waals surface area contributed by atoms with Gasteiger partial charge >= 0.3 is 6.09 Å². The molecule has 0 radical (unpaired) electrons. The molecule has 0 fully saturated rings. The number of rotatable bonds is 9. The van der Waals surface area contributed by atoms with Crippen molar-refractivity contribution < 1.29 is 24.2 Å². The van der Waals surface area contributed by atoms with Crippen LogP contribution in [0, 0.1) is 26.7 Å². The van der Waals surface area contributed by atoms with Crippen molar-refractivity contribution in [3.8, 4) is 0 Å². The van der Waals surface area contributed by atoms with Gasteiger partial charge in [-0.25, -0.2) is 4.79 Å². The number of benzene rings is 2. The topological polar surface area (TPSA) is 108 Å². The summed E-state index contributed by atoms with van der Waals surface area (Å²) < 4.78 is 5.38. The number of nitrogens with one attached hydrogen (secondary N) is 2. The van der Waals surface area contributed by atoms with Gasteiger partial charge < -0.3 is 25.4 Å². The molecule has 0 aliphatic heterocycles. The Morgan fingerprint density at radius 2 is 1.51 bits per heavy atom. The average Bonchev–Trinajstić information content (AvgIpc) is 2.78. The zero-order valence-electron chi connectivity index (χ0n) is 23.2. The maximum Gasteiger partial charge on any atom is 0.408 e. The molecule has 0 spiro atoms. The lowest BCUT2D eigenvalue weighted by Gasteiger charge is -2.36. The Labute approximate surface area is 220 Å². The van der Waals surface area contributed by atoms with E-state index in [2.05, 4.69) is 10.6 Å². The molecule has 2 unspecified atom stereocenters. The molecule has 2 atom stereocenters. The minimum atomic E-state index is -1.04. The summed E-state index contributed by atoms with van der Waals surface area (Å²) in [4.78, 5) is 41.8. The van der Waals surface area contributed by atoms with E-state index in [0.717, 1.165) is 16.7 Å². The lowest BCUT2D eigenvalue weighted by molar-refractivity contribution is -0.142. The van der Waals surface area contributed by atoms with Gasteiger partial charge in [-0.1, -0.05) is 50.2 Å². The number of carbonyl (C=O) groups is 3. The van der Waals surface area contributed by atoms with Crippen LogP contribution in [0.2, 0.25) is 0 Å². The Bertz CT molecular complexity index is 1090. The van der Waals surface area contributed by atoms with Crippen molar-refractivity contribution in [1.29, 1.82) is 0 Å². The molecule has 0 aromatic heterocycles. The van der Waals surface area contributed by atoms with Gasteiger partial charge in [-0.2, -0.15) is 0 Å². The van der Waals surface area contributed by atoms with Gasteiger partial charge in [-0.15, -0.1) is 0 Å². The smallest absolute Gasteiger partial charge is 0.408 e. The maximum absolute atomic E-state index is 14.0. The average molecular weight is 512 g/mol. The molecule has 202 valence electrons. The summed E-state index contributed by atoms with van der Waals surface area (Å²) >= 11 is 0. The summed E-state index contributed by atoms with van der Waals surface area (Å²) in [5.41, 5.74) is 3.11. The molecule has 2 aromatic carbocycles. The number of carbonyl (C=O) groups excluding carboxylic acids is 3. The first-order valence-electron chi connectivity index (χ1n) is 12.6. The van der Waals surface area contributed by atoms with Gasteiger partial charge in [0.05, 0.1) is 6.61 Å². The minimum absolute atomic E-state index is 0.0995. The fourth-order valence-electron chi connectivity index (χ4n) is 4.20. The Morgan fingerprint density at radius 1 is 0.946 bits per heavy atom. The van der Waals surface area contributed by atoms with Crippen LogP contribution in [0.4, 0.5) is 10.5 Å². The van der Waals surface area contributed by atoms with Crippen LogP contribution in [0.1, 0.15) is 62.9 Å². The van der Waals surface area contributed by atoms with E-state index >= 15 is 0 Å². The molecule has 0 saturated carbocycles. The van der Waals surface area contributed by atoms with E-state index in [4.69, 9.17) is 4.74 Å². The summed E-state index contributed by atoms with van der Waals surface area (Å²) in [6.45, 7) is 14.0. The molecule has 0 saturated heterocycles. The standard InChI is InChI=1S/C29H41N3O5/c1-18(2)24(31-28(36)37-29(6,7)8)27(35)32(16-17-33)25(23-20(4)13-11-14-21(23)5)26(34)30-22-15-10-9-12-19(22)3/h9-15,18,24-25,33H,16-17H2,1-8H3,(H,30,34)(H,31,36). The van der Waals surface area contributed by atoms with Gasteiger partial charge in [0.1, 0.15) is 17.7 Å². The number of alkyl carbamates (subject to hydrolysis) is 1. The number of ether oxygens (including phenoxy) is 1. The SMILES string of the molecule is Cc1ccccc1NC(=O)C(c1c(C)cccc1C)N(CCO)C(=O)C(NC(=O)OC(C)(C)C)C(C)C. The lowest BCUT2D eigenvalue weighted by atomic mass is 9.92. The predicted molar refractivity (Wildman–Crippen MR) is 145 cm³/mol. The second kappa shape index (κ2) is 12.7. The molecule has 8 nitrogen and oxygen atoms in total. The molecule has 3 N–H and O–H groups in total. The van der Waals surface area contributed by atoms with Crippen LogP contribution < -0.4 is 10.6 Å². The molecule has 0 aliphatic rings. The van der Waals surface area contributed by atoms with Crippen LogP contribution in [0.3, 0.4) is 0 Å². The van der Waals surface area contributed by atoms with Crippen LogP contribution >= 0.6 is 0 Å². The normalized spacial score (nSPS) is 13.0. The Hall–Kier alpha value is -3.39. The van der Waals surface area contributed by atoms with E-state index in [-0.39, 0.29) is 19.1 Å². The Balaban J connectivity index is 2.57. The third-order valence-corrected chi connectivity index (χ3v) is 6.01. The first kappa shape index (κ1) is 29.8. The van der Waals surface area contributed by atoms with E-state index in [1.807, 2.05) is 57.2 Å². The number of aryl methyl sites for hydroxylation is 3. The van der Waals surface area contributed by atoms with Crippen LogP contribution in [0.5, 0.6) is 0 Å². The van der Waals surface area contributed by atoms with Crippen molar-refractivity contribution in [1.82, 2.24) is 10.2 Å². The lowest BCUT2D eigenvalue weighted by Crippen LogP contribution is -2.55. The maximum atomic E-state index is 14.0. The number of nitrogens with zero attached hydrogens (tertiary/aromatic N) is 1. The van der Waals surface area contributed by atoms with Crippen molar-refractivity contribution in [2.75, 3.05) is 18.5 Å². The van der Waals surface area contributed by atoms with E-state index in [1.165, 1.54) is 4.90 Å². The molecule has 8 heteroatoms. The van der Waals surface area contributed by atoms with E-state index in [9.17, 15) is 19.5 Å². The van der Waals surface area contributed by atoms with Gasteiger partial charge in [-0.05, 0) is 75.8 Å². The first-order chi connectivity index (χ1) is 17.3. The quantitative estimate of drug-likeness (QED) is 0.454. The molecule has 37 heavy (non-hydrogen) atoms. The summed E-state index contributed by atoms with van der Waals surface area (Å²) in [7, 11) is 0. The Morgan fingerprint density at radius 3 is 2.03 bits per heavy atom. The van der Waals surface area contributed by atoms with Crippen molar-refractivity contribution in [3.05, 3.63) is 64.7 Å². The van der Waals surface area contributed by atoms with Gasteiger partial charge in [-0.3, -0.25) is 9.59 Å². The minimum Gasteiger partial charge on any atom is -0.444 e. The van der Waals surface area contributed by atoms with E-state index in [1.54, 1.807) is 40.7 Å². The van der Waals surface area contributed by atoms with Crippen LogP contribution in [-0.4, -0.2) is 52.7 Å². The van der Waals surface area contributed by atoms with Gasteiger partial charge in [0, 0.05) is 12.2 Å². The highest BCUT2D eigenvalue weighted by Gasteiger charge is 2.38. The van der Waals surface area contributed by atoms with Gasteiger partial charge in [0.25, 0.3) is 5.91 Å². The summed E-state index contributed by atoms with van der Waals surface area (Å²) in [6, 6.07) is 11.0. The zero-order chi connectivity index (χ0) is 27.9. The van der Waals surface area contributed by atoms with Gasteiger partial charge in [0.15, 0.2) is 0 Å². The highest BCUT2D eigenvalue weighted by Crippen LogP contribution is 2.30. The second-order valence-corrected chi connectivity index (χ2v) is 10.6. The van der Waals surface area contributed by atoms with Crippen molar-refractivity contribution >= 4 is 23.6 Å². The molecular formula is C29H41N3O5. The Kier molecular flexibility index (Phi) is 10.3. The molecule has 0 bridgehead atoms. The van der Waals surface area contributed by atoms with E-state index < -0.39 is 35.6 Å². The molecule has 3 amide bonds. The number of anilines is 1. The zero-order valence-corrected chi connectivity index (χ0v) is 23.2.